The van der Waals surface area contributed by atoms with Crippen LogP contribution in [0.5, 0.6) is 0 Å². The monoisotopic (exact) mass is 313 g/mol. The van der Waals surface area contributed by atoms with E-state index in [1.807, 2.05) is 0 Å². The smallest absolute Gasteiger partial charge is 0.262 e. The summed E-state index contributed by atoms with van der Waals surface area (Å²) in [6, 6.07) is -0.170. The van der Waals surface area contributed by atoms with Gasteiger partial charge in [0.05, 0.1) is 18.4 Å². The highest BCUT2D eigenvalue weighted by Crippen LogP contribution is 2.69. The van der Waals surface area contributed by atoms with Gasteiger partial charge >= 0.3 is 0 Å². The van der Waals surface area contributed by atoms with Crippen LogP contribution >= 0.6 is 0 Å². The Balaban J connectivity index is 1.89. The summed E-state index contributed by atoms with van der Waals surface area (Å²) < 4.78 is 31.4. The quantitative estimate of drug-likeness (QED) is 0.583. The Morgan fingerprint density at radius 3 is 2.81 bits per heavy atom. The number of carbonyl (C=O) groups excluding carboxylic acids is 1. The summed E-state index contributed by atoms with van der Waals surface area (Å²) in [7, 11) is -3.52. The average Bonchev–Trinajstić information content (AvgIpc) is 2.85. The van der Waals surface area contributed by atoms with E-state index < -0.39 is 15.9 Å². The van der Waals surface area contributed by atoms with Gasteiger partial charge < -0.3 is 4.74 Å². The fourth-order valence-corrected chi connectivity index (χ4v) is 7.45. The first kappa shape index (κ1) is 15.0. The first-order valence-electron chi connectivity index (χ1n) is 7.50. The zero-order valence-electron chi connectivity index (χ0n) is 12.7. The van der Waals surface area contributed by atoms with Gasteiger partial charge in [0.25, 0.3) is 5.91 Å². The molecule has 2 aliphatic carbocycles. The Hall–Kier alpha value is -0.880. The molecule has 0 aromatic carbocycles. The molecule has 1 spiro atoms. The minimum Gasteiger partial charge on any atom is -0.368 e. The van der Waals surface area contributed by atoms with Gasteiger partial charge in [-0.05, 0) is 30.6 Å². The number of amides is 1. The van der Waals surface area contributed by atoms with Gasteiger partial charge in [0.15, 0.2) is 0 Å². The van der Waals surface area contributed by atoms with Crippen LogP contribution in [0, 0.1) is 16.7 Å². The Morgan fingerprint density at radius 2 is 2.19 bits per heavy atom. The van der Waals surface area contributed by atoms with E-state index in [1.54, 1.807) is 6.08 Å². The van der Waals surface area contributed by atoms with Crippen LogP contribution in [0.15, 0.2) is 12.7 Å². The van der Waals surface area contributed by atoms with E-state index >= 15 is 0 Å². The Morgan fingerprint density at radius 1 is 1.48 bits per heavy atom. The number of hydrogen-bond donors (Lipinski definition) is 0. The number of hydrogen-bond acceptors (Lipinski definition) is 4. The van der Waals surface area contributed by atoms with Crippen LogP contribution in [0.4, 0.5) is 0 Å². The van der Waals surface area contributed by atoms with Gasteiger partial charge in [0.2, 0.25) is 10.0 Å². The lowest BCUT2D eigenvalue weighted by molar-refractivity contribution is -0.133. The van der Waals surface area contributed by atoms with Gasteiger partial charge in [0, 0.05) is 5.41 Å². The Kier molecular flexibility index (Phi) is 3.26. The molecule has 2 bridgehead atoms. The number of fused-ring (bicyclic) bond motifs is 1. The second-order valence-electron chi connectivity index (χ2n) is 7.11. The fraction of sp³-hybridized carbons (Fsp3) is 0.800. The third kappa shape index (κ3) is 1.84. The minimum absolute atomic E-state index is 0.0122. The van der Waals surface area contributed by atoms with Gasteiger partial charge in [-0.3, -0.25) is 4.79 Å². The van der Waals surface area contributed by atoms with Crippen molar-refractivity contribution >= 4 is 15.9 Å². The standard InChI is InChI=1S/C15H23NO4S/c1-4-7-20-9-13(17)16-12-8-11-5-6-15(12,14(11,2)3)10-21(16,18)19/h4,11-12H,1,5-10H2,2-3H3/t11-,12-,15-/m0/s1. The largest absolute Gasteiger partial charge is 0.368 e. The molecule has 3 atom stereocenters. The molecule has 3 aliphatic rings. The third-order valence-corrected chi connectivity index (χ3v) is 8.06. The van der Waals surface area contributed by atoms with Crippen molar-refractivity contribution in [1.82, 2.24) is 4.31 Å². The van der Waals surface area contributed by atoms with Crippen LogP contribution < -0.4 is 0 Å². The maximum atomic E-state index is 12.5. The number of sulfonamides is 1. The lowest BCUT2D eigenvalue weighted by Crippen LogP contribution is -2.45. The molecule has 21 heavy (non-hydrogen) atoms. The van der Waals surface area contributed by atoms with Crippen LogP contribution in [-0.2, 0) is 19.6 Å². The van der Waals surface area contributed by atoms with E-state index in [0.29, 0.717) is 5.92 Å². The van der Waals surface area contributed by atoms with Crippen molar-refractivity contribution in [2.75, 3.05) is 19.0 Å². The molecule has 6 heteroatoms. The van der Waals surface area contributed by atoms with E-state index in [0.717, 1.165) is 23.6 Å². The van der Waals surface area contributed by atoms with Crippen molar-refractivity contribution < 1.29 is 17.9 Å². The first-order valence-corrected chi connectivity index (χ1v) is 9.11. The minimum atomic E-state index is -3.52. The zero-order valence-corrected chi connectivity index (χ0v) is 13.5. The molecule has 1 saturated heterocycles. The fourth-order valence-electron chi connectivity index (χ4n) is 4.91. The molecule has 3 fully saturated rings. The van der Waals surface area contributed by atoms with Gasteiger partial charge in [-0.2, -0.15) is 0 Å². The van der Waals surface area contributed by atoms with Crippen LogP contribution in [0.2, 0.25) is 0 Å². The summed E-state index contributed by atoms with van der Waals surface area (Å²) in [6.45, 7) is 7.92. The SMILES string of the molecule is C=CCOCC(=O)N1[C@H]2C[C@@H]3CC[C@@]2(CS1(=O)=O)C3(C)C. The van der Waals surface area contributed by atoms with Crippen molar-refractivity contribution in [3.63, 3.8) is 0 Å². The van der Waals surface area contributed by atoms with Crippen molar-refractivity contribution in [1.29, 1.82) is 0 Å². The predicted octanol–water partition coefficient (Wildman–Crippen LogP) is 1.56. The molecule has 1 aliphatic heterocycles. The molecular formula is C15H23NO4S. The number of ether oxygens (including phenoxy) is 1. The van der Waals surface area contributed by atoms with Crippen LogP contribution in [-0.4, -0.2) is 43.6 Å². The summed E-state index contributed by atoms with van der Waals surface area (Å²) >= 11 is 0. The van der Waals surface area contributed by atoms with Crippen LogP contribution in [0.25, 0.3) is 0 Å². The maximum absolute atomic E-state index is 12.5. The van der Waals surface area contributed by atoms with E-state index in [-0.39, 0.29) is 35.8 Å². The molecule has 2 saturated carbocycles. The topological polar surface area (TPSA) is 63.7 Å². The highest BCUT2D eigenvalue weighted by Gasteiger charge is 2.72. The van der Waals surface area contributed by atoms with Crippen molar-refractivity contribution in [2.45, 2.75) is 39.2 Å². The van der Waals surface area contributed by atoms with Gasteiger partial charge in [-0.25, -0.2) is 12.7 Å². The molecule has 0 radical (unpaired) electrons. The van der Waals surface area contributed by atoms with Gasteiger partial charge in [0.1, 0.15) is 6.61 Å². The third-order valence-electron chi connectivity index (χ3n) is 6.12. The van der Waals surface area contributed by atoms with Crippen LogP contribution in [0.3, 0.4) is 0 Å². The highest BCUT2D eigenvalue weighted by atomic mass is 32.2. The van der Waals surface area contributed by atoms with E-state index in [2.05, 4.69) is 20.4 Å². The lowest BCUT2D eigenvalue weighted by Gasteiger charge is -2.37. The predicted molar refractivity (Wildman–Crippen MR) is 79.0 cm³/mol. The Bertz CT molecular complexity index is 582. The molecule has 3 rings (SSSR count). The molecule has 1 amide bonds. The Labute approximate surface area is 126 Å². The summed E-state index contributed by atoms with van der Waals surface area (Å²) in [4.78, 5) is 12.3. The van der Waals surface area contributed by atoms with E-state index in [4.69, 9.17) is 4.74 Å². The molecule has 0 aromatic rings. The molecule has 118 valence electrons. The lowest BCUT2D eigenvalue weighted by atomic mass is 9.69. The molecule has 0 N–H and O–H groups in total. The summed E-state index contributed by atoms with van der Waals surface area (Å²) in [6.07, 6.45) is 4.34. The van der Waals surface area contributed by atoms with Crippen LogP contribution in [0.1, 0.15) is 33.1 Å². The normalized spacial score (nSPS) is 38.5. The number of nitrogens with zero attached hydrogens (tertiary/aromatic N) is 1. The highest BCUT2D eigenvalue weighted by molar-refractivity contribution is 7.90. The summed E-state index contributed by atoms with van der Waals surface area (Å²) in [5.41, 5.74) is -0.271. The van der Waals surface area contributed by atoms with Gasteiger partial charge in [-0.15, -0.1) is 6.58 Å². The van der Waals surface area contributed by atoms with E-state index in [1.165, 1.54) is 0 Å². The van der Waals surface area contributed by atoms with Crippen molar-refractivity contribution in [3.8, 4) is 0 Å². The van der Waals surface area contributed by atoms with E-state index in [9.17, 15) is 13.2 Å². The first-order chi connectivity index (χ1) is 9.76. The average molecular weight is 313 g/mol. The molecule has 5 nitrogen and oxygen atoms in total. The summed E-state index contributed by atoms with van der Waals surface area (Å²) in [5, 5.41) is 0. The van der Waals surface area contributed by atoms with Crippen molar-refractivity contribution in [2.24, 2.45) is 16.7 Å². The molecule has 0 unspecified atom stereocenters. The molecule has 0 aromatic heterocycles. The summed E-state index contributed by atoms with van der Waals surface area (Å²) in [5.74, 6) is 0.200. The molecule has 1 heterocycles. The second kappa shape index (κ2) is 4.56. The zero-order chi connectivity index (χ0) is 15.5. The second-order valence-corrected chi connectivity index (χ2v) is 8.96. The maximum Gasteiger partial charge on any atom is 0.262 e. The number of carbonyl (C=O) groups is 1. The van der Waals surface area contributed by atoms with Gasteiger partial charge in [-0.1, -0.05) is 19.9 Å². The number of rotatable bonds is 4. The molecular weight excluding hydrogens is 290 g/mol. The van der Waals surface area contributed by atoms with Crippen molar-refractivity contribution in [3.05, 3.63) is 12.7 Å².